The molecule has 27 heavy (non-hydrogen) atoms. The second-order valence-corrected chi connectivity index (χ2v) is 7.95. The molecule has 0 aliphatic carbocycles. The maximum absolute atomic E-state index is 11.0. The van der Waals surface area contributed by atoms with Crippen LogP contribution in [-0.4, -0.2) is 36.0 Å². The van der Waals surface area contributed by atoms with E-state index in [1.165, 1.54) is 16.7 Å². The standard InChI is InChI=1S/C9H12N2O7P2.4Na.3H2O/c12-9(19(13,14)15,20(16,17)18)5-7-6-10-8-3-1-2-4-11(7)8;;;;;;;/h1-4,6,12H,5H2,(H2,13,14,15)(H2,16,17,18);;;;;3*1H2/q;4*+1;;;/p-4. The van der Waals surface area contributed by atoms with E-state index in [0.717, 1.165) is 6.20 Å². The summed E-state index contributed by atoms with van der Waals surface area (Å²) in [5, 5.41) is 5.67. The molecule has 0 amide bonds. The van der Waals surface area contributed by atoms with E-state index in [4.69, 9.17) is 0 Å². The SMILES string of the molecule is O.O.O.O=P([O-])([O-])C(O)(Cc1cnc2ccccn12)P(=O)([O-])[O-].[Na+].[Na+].[Na+].[Na+]. The number of fused-ring (bicyclic) bond motifs is 1. The van der Waals surface area contributed by atoms with Crippen LogP contribution >= 0.6 is 15.2 Å². The van der Waals surface area contributed by atoms with Gasteiger partial charge in [-0.15, -0.1) is 0 Å². The van der Waals surface area contributed by atoms with Crippen molar-refractivity contribution in [2.24, 2.45) is 0 Å². The number of rotatable bonds is 4. The normalized spacial score (nSPS) is 10.3. The van der Waals surface area contributed by atoms with Gasteiger partial charge in [-0.1, -0.05) is 6.07 Å². The summed E-state index contributed by atoms with van der Waals surface area (Å²) in [6.45, 7) is 0. The first-order chi connectivity index (χ1) is 9.06. The number of nitrogens with zero attached hydrogens (tertiary/aromatic N) is 2. The van der Waals surface area contributed by atoms with E-state index < -0.39 is 26.7 Å². The molecule has 7 N–H and O–H groups in total. The van der Waals surface area contributed by atoms with Gasteiger partial charge in [0.1, 0.15) is 10.7 Å². The van der Waals surface area contributed by atoms with Gasteiger partial charge >= 0.3 is 118 Å². The summed E-state index contributed by atoms with van der Waals surface area (Å²) in [6.07, 6.45) is 1.30. The first-order valence-corrected chi connectivity index (χ1v) is 8.32. The molecule has 0 radical (unpaired) electrons. The third-order valence-corrected chi connectivity index (χ3v) is 6.33. The van der Waals surface area contributed by atoms with Crippen molar-refractivity contribution in [1.29, 1.82) is 0 Å². The zero-order chi connectivity index (χ0) is 15.2. The molecule has 0 spiro atoms. The Labute approximate surface area is 242 Å². The summed E-state index contributed by atoms with van der Waals surface area (Å²) in [5.74, 6) is 0. The van der Waals surface area contributed by atoms with Crippen LogP contribution in [-0.2, 0) is 15.6 Å². The van der Waals surface area contributed by atoms with E-state index in [1.807, 2.05) is 0 Å². The molecule has 0 saturated carbocycles. The Bertz CT molecular complexity index is 729. The summed E-state index contributed by atoms with van der Waals surface area (Å²) in [7, 11) is -12.2. The Morgan fingerprint density at radius 2 is 1.41 bits per heavy atom. The Hall–Kier alpha value is 2.83. The number of pyridine rings is 1. The van der Waals surface area contributed by atoms with Crippen LogP contribution in [0, 0.1) is 0 Å². The van der Waals surface area contributed by atoms with Crippen LogP contribution in [0.2, 0.25) is 0 Å². The third kappa shape index (κ3) is 9.88. The van der Waals surface area contributed by atoms with Crippen molar-refractivity contribution >= 4 is 20.8 Å². The Kier molecular flexibility index (Phi) is 26.6. The van der Waals surface area contributed by atoms with Crippen LogP contribution in [0.1, 0.15) is 5.69 Å². The van der Waals surface area contributed by atoms with Crippen LogP contribution in [0.3, 0.4) is 0 Å². The number of hydrogen-bond donors (Lipinski definition) is 1. The quantitative estimate of drug-likeness (QED) is 0.335. The van der Waals surface area contributed by atoms with Gasteiger partial charge in [0.25, 0.3) is 0 Å². The predicted molar refractivity (Wildman–Crippen MR) is 69.9 cm³/mol. The van der Waals surface area contributed by atoms with Gasteiger partial charge in [0.2, 0.25) is 0 Å². The molecule has 0 atom stereocenters. The fourth-order valence-corrected chi connectivity index (χ4v) is 3.61. The van der Waals surface area contributed by atoms with Crippen LogP contribution in [0.5, 0.6) is 0 Å². The molecule has 2 heterocycles. The molecule has 0 saturated heterocycles. The van der Waals surface area contributed by atoms with Gasteiger partial charge in [-0.05, 0) is 27.3 Å². The van der Waals surface area contributed by atoms with E-state index in [1.54, 1.807) is 12.1 Å². The van der Waals surface area contributed by atoms with E-state index in [0.29, 0.717) is 5.65 Å². The van der Waals surface area contributed by atoms with Crippen molar-refractivity contribution in [3.8, 4) is 0 Å². The predicted octanol–water partition coefficient (Wildman–Crippen LogP) is -17.1. The van der Waals surface area contributed by atoms with E-state index >= 15 is 0 Å². The monoisotopic (exact) mass is 464 g/mol. The van der Waals surface area contributed by atoms with Crippen molar-refractivity contribution in [3.05, 3.63) is 36.3 Å². The fourth-order valence-electron chi connectivity index (χ4n) is 1.70. The zero-order valence-electron chi connectivity index (χ0n) is 15.3. The summed E-state index contributed by atoms with van der Waals surface area (Å²) in [4.78, 5) is 47.8. The third-order valence-electron chi connectivity index (χ3n) is 2.79. The van der Waals surface area contributed by atoms with E-state index in [9.17, 15) is 33.8 Å². The first-order valence-electron chi connectivity index (χ1n) is 5.24. The smallest absolute Gasteiger partial charge is 0.808 e. The van der Waals surface area contributed by atoms with Crippen LogP contribution in [0.25, 0.3) is 5.65 Å². The van der Waals surface area contributed by atoms with Crippen LogP contribution < -0.4 is 138 Å². The largest absolute Gasteiger partial charge is 1.00 e. The molecule has 0 fully saturated rings. The zero-order valence-corrected chi connectivity index (χ0v) is 25.1. The van der Waals surface area contributed by atoms with Gasteiger partial charge in [-0.25, -0.2) is 4.98 Å². The van der Waals surface area contributed by atoms with Crippen LogP contribution in [0.4, 0.5) is 0 Å². The summed E-state index contributed by atoms with van der Waals surface area (Å²) in [5.41, 5.74) is 0.241. The van der Waals surface area contributed by atoms with E-state index in [2.05, 4.69) is 4.98 Å². The summed E-state index contributed by atoms with van der Waals surface area (Å²) >= 11 is 0. The number of aromatic nitrogens is 2. The average molecular weight is 464 g/mol. The molecule has 0 bridgehead atoms. The minimum Gasteiger partial charge on any atom is -0.808 e. The number of imidazole rings is 1. The minimum absolute atomic E-state index is 0. The maximum Gasteiger partial charge on any atom is 1.00 e. The van der Waals surface area contributed by atoms with Gasteiger partial charge < -0.3 is 54.6 Å². The fraction of sp³-hybridized carbons (Fsp3) is 0.222. The molecule has 18 heteroatoms. The second-order valence-electron chi connectivity index (χ2n) is 4.12. The average Bonchev–Trinajstić information content (AvgIpc) is 2.70. The first kappa shape index (κ1) is 43.7. The van der Waals surface area contributed by atoms with Gasteiger partial charge in [-0.3, -0.25) is 0 Å². The van der Waals surface area contributed by atoms with Crippen molar-refractivity contribution in [1.82, 2.24) is 9.38 Å². The maximum atomic E-state index is 11.0. The van der Waals surface area contributed by atoms with Crippen molar-refractivity contribution in [3.63, 3.8) is 0 Å². The molecule has 0 unspecified atom stereocenters. The summed E-state index contributed by atoms with van der Waals surface area (Å²) in [6, 6.07) is 4.69. The van der Waals surface area contributed by atoms with Gasteiger partial charge in [0.15, 0.2) is 0 Å². The Balaban J connectivity index is -0.000000157. The van der Waals surface area contributed by atoms with Gasteiger partial charge in [0, 0.05) is 24.5 Å². The van der Waals surface area contributed by atoms with Gasteiger partial charge in [0.05, 0.1) is 0 Å². The Morgan fingerprint density at radius 3 is 1.81 bits per heavy atom. The minimum atomic E-state index is -6.10. The number of aliphatic hydroxyl groups is 1. The molecular weight excluding hydrogens is 450 g/mol. The topological polar surface area (TPSA) is 258 Å². The second kappa shape index (κ2) is 16.5. The molecule has 0 aromatic carbocycles. The Morgan fingerprint density at radius 1 is 0.963 bits per heavy atom. The number of hydrogen-bond acceptors (Lipinski definition) is 8. The molecule has 0 aliphatic rings. The van der Waals surface area contributed by atoms with Crippen LogP contribution in [0.15, 0.2) is 30.6 Å². The molecule has 2 aromatic heterocycles. The van der Waals surface area contributed by atoms with Crippen molar-refractivity contribution in [2.75, 3.05) is 0 Å². The van der Waals surface area contributed by atoms with Crippen molar-refractivity contribution < 1.29 is 168 Å². The van der Waals surface area contributed by atoms with Gasteiger partial charge in [-0.2, -0.15) is 0 Å². The van der Waals surface area contributed by atoms with E-state index in [-0.39, 0.29) is 140 Å². The molecule has 2 aromatic rings. The molecule has 0 aliphatic heterocycles. The molecule has 2 rings (SSSR count). The van der Waals surface area contributed by atoms with Crippen molar-refractivity contribution in [2.45, 2.75) is 11.5 Å². The molecule has 134 valence electrons. The summed E-state index contributed by atoms with van der Waals surface area (Å²) < 4.78 is 23.2. The molecular formula is C9H14N2Na4O10P2. The molecule has 12 nitrogen and oxygen atoms in total.